The molecule has 0 atom stereocenters. The molecule has 0 aliphatic rings. The van der Waals surface area contributed by atoms with Gasteiger partial charge in [0, 0.05) is 0 Å². The molecule has 0 amide bonds. The predicted octanol–water partition coefficient (Wildman–Crippen LogP) is 6.20. The first-order valence-corrected chi connectivity index (χ1v) is 9.04. The zero-order valence-electron chi connectivity index (χ0n) is 14.8. The molecule has 0 fully saturated rings. The van der Waals surface area contributed by atoms with Crippen molar-refractivity contribution < 1.29 is 9.59 Å². The zero-order chi connectivity index (χ0) is 16.7. The van der Waals surface area contributed by atoms with E-state index in [0.29, 0.717) is 0 Å². The summed E-state index contributed by atoms with van der Waals surface area (Å²) in [6, 6.07) is 0. The van der Waals surface area contributed by atoms with Crippen molar-refractivity contribution in [2.24, 2.45) is 0 Å². The fraction of sp³-hybridized carbons (Fsp3) is 0.700. The number of hydrogen-bond donors (Lipinski definition) is 0. The van der Waals surface area contributed by atoms with E-state index in [1.54, 1.807) is 12.2 Å². The first-order valence-electron chi connectivity index (χ1n) is 9.04. The van der Waals surface area contributed by atoms with E-state index in [1.807, 2.05) is 12.2 Å². The second kappa shape index (κ2) is 24.8. The van der Waals surface area contributed by atoms with E-state index < -0.39 is 0 Å². The molecule has 128 valence electrons. The first-order chi connectivity index (χ1) is 10.8. The third kappa shape index (κ3) is 27.2. The van der Waals surface area contributed by atoms with Gasteiger partial charge in [-0.25, -0.2) is 0 Å². The van der Waals surface area contributed by atoms with Gasteiger partial charge in [0.15, 0.2) is 0 Å². The summed E-state index contributed by atoms with van der Waals surface area (Å²) in [7, 11) is 0. The van der Waals surface area contributed by atoms with Gasteiger partial charge in [-0.05, 0) is 37.8 Å². The molecule has 0 bridgehead atoms. The van der Waals surface area contributed by atoms with Crippen LogP contribution in [0.5, 0.6) is 0 Å². The number of carbonyl (C=O) groups is 2. The molecule has 2 heteroatoms. The third-order valence-corrected chi connectivity index (χ3v) is 3.38. The Morgan fingerprint density at radius 1 is 0.545 bits per heavy atom. The van der Waals surface area contributed by atoms with Crippen LogP contribution < -0.4 is 0 Å². The summed E-state index contributed by atoms with van der Waals surface area (Å²) < 4.78 is 0. The smallest absolute Gasteiger partial charge is 0.142 e. The van der Waals surface area contributed by atoms with Crippen molar-refractivity contribution in [2.45, 2.75) is 90.9 Å². The van der Waals surface area contributed by atoms with Gasteiger partial charge < -0.3 is 0 Å². The standard InChI is InChI=1S/C11H20O.C9H16O/c1-2-3-4-5-6-7-8-9-10-11-12;1-2-3-4-5-6-7-8-9-10/h9-11H,2-8H2,1H3;7-9H,2-6H2,1H3. The van der Waals surface area contributed by atoms with E-state index in [4.69, 9.17) is 0 Å². The highest BCUT2D eigenvalue weighted by Crippen LogP contribution is 2.06. The van der Waals surface area contributed by atoms with Crippen LogP contribution in [0.2, 0.25) is 0 Å². The highest BCUT2D eigenvalue weighted by atomic mass is 16.1. The fourth-order valence-electron chi connectivity index (χ4n) is 2.04. The normalized spacial score (nSPS) is 10.6. The lowest BCUT2D eigenvalue weighted by Crippen LogP contribution is -1.77. The van der Waals surface area contributed by atoms with Crippen molar-refractivity contribution in [1.29, 1.82) is 0 Å². The molecule has 0 aromatic carbocycles. The number of aldehydes is 2. The quantitative estimate of drug-likeness (QED) is 0.217. The predicted molar refractivity (Wildman–Crippen MR) is 97.2 cm³/mol. The number of allylic oxidation sites excluding steroid dienone is 4. The van der Waals surface area contributed by atoms with Crippen LogP contribution >= 0.6 is 0 Å². The minimum absolute atomic E-state index is 0.833. The summed E-state index contributed by atoms with van der Waals surface area (Å²) in [6.45, 7) is 4.42. The SMILES string of the molecule is CCCCCCC=CC=O.CCCCCCCCC=CC=O. The van der Waals surface area contributed by atoms with Crippen molar-refractivity contribution in [2.75, 3.05) is 0 Å². The van der Waals surface area contributed by atoms with Gasteiger partial charge in [0.2, 0.25) is 0 Å². The van der Waals surface area contributed by atoms with Gasteiger partial charge in [-0.3, -0.25) is 9.59 Å². The minimum Gasteiger partial charge on any atom is -0.299 e. The van der Waals surface area contributed by atoms with E-state index in [0.717, 1.165) is 25.4 Å². The molecule has 0 saturated carbocycles. The summed E-state index contributed by atoms with van der Waals surface area (Å²) in [5, 5.41) is 0. The molecule has 0 rings (SSSR count). The molecule has 0 aromatic rings. The molecule has 2 nitrogen and oxygen atoms in total. The van der Waals surface area contributed by atoms with Crippen LogP contribution in [0.25, 0.3) is 0 Å². The molecule has 0 aliphatic carbocycles. The Morgan fingerprint density at radius 3 is 1.32 bits per heavy atom. The number of unbranched alkanes of at least 4 members (excludes halogenated alkanes) is 10. The molecule has 0 spiro atoms. The zero-order valence-corrected chi connectivity index (χ0v) is 14.8. The van der Waals surface area contributed by atoms with Crippen molar-refractivity contribution in [3.63, 3.8) is 0 Å². The highest BCUT2D eigenvalue weighted by Gasteiger charge is 1.87. The van der Waals surface area contributed by atoms with E-state index in [2.05, 4.69) is 13.8 Å². The Labute approximate surface area is 138 Å². The van der Waals surface area contributed by atoms with Crippen LogP contribution in [-0.2, 0) is 9.59 Å². The molecular formula is C20H36O2. The average Bonchev–Trinajstić information content (AvgIpc) is 2.54. The third-order valence-electron chi connectivity index (χ3n) is 3.38. The Morgan fingerprint density at radius 2 is 0.909 bits per heavy atom. The monoisotopic (exact) mass is 308 g/mol. The molecule has 0 unspecified atom stereocenters. The van der Waals surface area contributed by atoms with E-state index >= 15 is 0 Å². The second-order valence-electron chi connectivity index (χ2n) is 5.53. The van der Waals surface area contributed by atoms with Gasteiger partial charge in [-0.1, -0.05) is 77.4 Å². The number of carbonyl (C=O) groups excluding carboxylic acids is 2. The Bertz CT molecular complexity index is 267. The van der Waals surface area contributed by atoms with Gasteiger partial charge in [0.1, 0.15) is 12.6 Å². The average molecular weight is 309 g/mol. The van der Waals surface area contributed by atoms with E-state index in [1.165, 1.54) is 64.2 Å². The lowest BCUT2D eigenvalue weighted by Gasteiger charge is -1.96. The maximum absolute atomic E-state index is 9.89. The van der Waals surface area contributed by atoms with Crippen molar-refractivity contribution in [1.82, 2.24) is 0 Å². The summed E-state index contributed by atoms with van der Waals surface area (Å²) in [5.41, 5.74) is 0. The van der Waals surface area contributed by atoms with Crippen molar-refractivity contribution in [3.05, 3.63) is 24.3 Å². The van der Waals surface area contributed by atoms with Gasteiger partial charge in [0.05, 0.1) is 0 Å². The molecule has 0 aliphatic heterocycles. The van der Waals surface area contributed by atoms with Crippen LogP contribution in [0.1, 0.15) is 90.9 Å². The highest BCUT2D eigenvalue weighted by molar-refractivity contribution is 5.64. The molecule has 0 N–H and O–H groups in total. The van der Waals surface area contributed by atoms with Gasteiger partial charge >= 0.3 is 0 Å². The fourth-order valence-corrected chi connectivity index (χ4v) is 2.04. The largest absolute Gasteiger partial charge is 0.299 e. The van der Waals surface area contributed by atoms with Crippen molar-refractivity contribution in [3.8, 4) is 0 Å². The summed E-state index contributed by atoms with van der Waals surface area (Å²) in [4.78, 5) is 19.7. The maximum Gasteiger partial charge on any atom is 0.142 e. The van der Waals surface area contributed by atoms with E-state index in [-0.39, 0.29) is 0 Å². The van der Waals surface area contributed by atoms with Gasteiger partial charge in [-0.15, -0.1) is 0 Å². The van der Waals surface area contributed by atoms with Crippen LogP contribution in [0.4, 0.5) is 0 Å². The maximum atomic E-state index is 9.89. The summed E-state index contributed by atoms with van der Waals surface area (Å²) in [6.07, 6.45) is 23.9. The summed E-state index contributed by atoms with van der Waals surface area (Å²) >= 11 is 0. The molecule has 22 heavy (non-hydrogen) atoms. The second-order valence-corrected chi connectivity index (χ2v) is 5.53. The molecule has 0 radical (unpaired) electrons. The van der Waals surface area contributed by atoms with Crippen molar-refractivity contribution >= 4 is 12.6 Å². The van der Waals surface area contributed by atoms with Crippen LogP contribution in [0, 0.1) is 0 Å². The van der Waals surface area contributed by atoms with Gasteiger partial charge in [-0.2, -0.15) is 0 Å². The Kier molecular flexibility index (Phi) is 26.0. The lowest BCUT2D eigenvalue weighted by atomic mass is 10.1. The van der Waals surface area contributed by atoms with E-state index in [9.17, 15) is 9.59 Å². The lowest BCUT2D eigenvalue weighted by molar-refractivity contribution is -0.104. The number of hydrogen-bond acceptors (Lipinski definition) is 2. The summed E-state index contributed by atoms with van der Waals surface area (Å²) in [5.74, 6) is 0. The minimum atomic E-state index is 0.833. The molecule has 0 aromatic heterocycles. The molecular weight excluding hydrogens is 272 g/mol. The molecule has 0 heterocycles. The topological polar surface area (TPSA) is 34.1 Å². The Hall–Kier alpha value is -1.18. The molecule has 0 saturated heterocycles. The Balaban J connectivity index is 0. The first kappa shape index (κ1) is 23.1. The van der Waals surface area contributed by atoms with Crippen LogP contribution in [0.3, 0.4) is 0 Å². The van der Waals surface area contributed by atoms with Crippen LogP contribution in [-0.4, -0.2) is 12.6 Å². The van der Waals surface area contributed by atoms with Gasteiger partial charge in [0.25, 0.3) is 0 Å². The van der Waals surface area contributed by atoms with Crippen LogP contribution in [0.15, 0.2) is 24.3 Å². The number of rotatable bonds is 14.